The Labute approximate surface area is 194 Å². The van der Waals surface area contributed by atoms with Crippen molar-refractivity contribution in [3.63, 3.8) is 0 Å². The molecule has 7 nitrogen and oxygen atoms in total. The summed E-state index contributed by atoms with van der Waals surface area (Å²) in [5, 5.41) is 6.83. The highest BCUT2D eigenvalue weighted by atomic mass is 16.5. The van der Waals surface area contributed by atoms with Crippen molar-refractivity contribution in [2.24, 2.45) is 10.9 Å². The minimum absolute atomic E-state index is 0.436. The summed E-state index contributed by atoms with van der Waals surface area (Å²) >= 11 is 0. The lowest BCUT2D eigenvalue weighted by atomic mass is 10.0. The zero-order valence-corrected chi connectivity index (χ0v) is 20.1. The second kappa shape index (κ2) is 14.3. The summed E-state index contributed by atoms with van der Waals surface area (Å²) in [4.78, 5) is 9.87. The molecule has 1 aromatic carbocycles. The van der Waals surface area contributed by atoms with Gasteiger partial charge in [0.15, 0.2) is 5.96 Å². The van der Waals surface area contributed by atoms with Gasteiger partial charge in [0.05, 0.1) is 6.54 Å². The van der Waals surface area contributed by atoms with Gasteiger partial charge < -0.3 is 25.0 Å². The maximum absolute atomic E-state index is 5.87. The molecule has 7 heteroatoms. The van der Waals surface area contributed by atoms with Gasteiger partial charge in [0.1, 0.15) is 0 Å². The second-order valence-corrected chi connectivity index (χ2v) is 8.84. The molecule has 3 rings (SSSR count). The van der Waals surface area contributed by atoms with Crippen LogP contribution >= 0.6 is 0 Å². The van der Waals surface area contributed by atoms with Crippen LogP contribution in [0.2, 0.25) is 0 Å². The van der Waals surface area contributed by atoms with E-state index in [9.17, 15) is 0 Å². The first kappa shape index (κ1) is 24.8. The van der Waals surface area contributed by atoms with Crippen molar-refractivity contribution in [3.8, 4) is 0 Å². The Kier molecular flexibility index (Phi) is 11.1. The van der Waals surface area contributed by atoms with E-state index in [0.717, 1.165) is 97.5 Å². The van der Waals surface area contributed by atoms with Crippen LogP contribution in [-0.2, 0) is 9.47 Å². The van der Waals surface area contributed by atoms with Crippen molar-refractivity contribution in [1.29, 1.82) is 0 Å². The topological polar surface area (TPSA) is 61.4 Å². The van der Waals surface area contributed by atoms with E-state index in [1.54, 1.807) is 0 Å². The fraction of sp³-hybridized carbons (Fsp3) is 0.720. The molecule has 2 aliphatic rings. The summed E-state index contributed by atoms with van der Waals surface area (Å²) in [6, 6.07) is 11.2. The highest BCUT2D eigenvalue weighted by molar-refractivity contribution is 5.79. The number of hydrogen-bond acceptors (Lipinski definition) is 5. The third kappa shape index (κ3) is 8.60. The minimum atomic E-state index is 0.436. The Bertz CT molecular complexity index is 643. The smallest absolute Gasteiger partial charge is 0.191 e. The fourth-order valence-corrected chi connectivity index (χ4v) is 4.28. The van der Waals surface area contributed by atoms with Gasteiger partial charge in [-0.3, -0.25) is 9.89 Å². The average molecular weight is 446 g/mol. The number of hydrogen-bond donors (Lipinski definition) is 2. The van der Waals surface area contributed by atoms with E-state index in [1.165, 1.54) is 5.69 Å². The van der Waals surface area contributed by atoms with Gasteiger partial charge in [-0.05, 0) is 51.2 Å². The Balaban J connectivity index is 1.31. The maximum Gasteiger partial charge on any atom is 0.191 e. The number of guanidine groups is 1. The number of nitrogens with zero attached hydrogens (tertiary/aromatic N) is 3. The SMILES string of the molecule is CCNC(=NCC(C)N1CCN(c2ccccc2)CC1)NCCCOCC1CCOCC1. The van der Waals surface area contributed by atoms with Gasteiger partial charge in [0.2, 0.25) is 0 Å². The molecule has 0 aliphatic carbocycles. The Morgan fingerprint density at radius 2 is 1.88 bits per heavy atom. The molecule has 2 heterocycles. The lowest BCUT2D eigenvalue weighted by molar-refractivity contribution is 0.0203. The lowest BCUT2D eigenvalue weighted by Crippen LogP contribution is -2.50. The van der Waals surface area contributed by atoms with Crippen LogP contribution in [-0.4, -0.2) is 89.1 Å². The van der Waals surface area contributed by atoms with Crippen LogP contribution in [0.4, 0.5) is 5.69 Å². The highest BCUT2D eigenvalue weighted by Gasteiger charge is 2.21. The monoisotopic (exact) mass is 445 g/mol. The molecule has 2 fully saturated rings. The van der Waals surface area contributed by atoms with Gasteiger partial charge in [-0.2, -0.15) is 0 Å². The number of aliphatic imine (C=N–C) groups is 1. The molecule has 32 heavy (non-hydrogen) atoms. The van der Waals surface area contributed by atoms with Crippen LogP contribution in [0.5, 0.6) is 0 Å². The average Bonchev–Trinajstić information content (AvgIpc) is 2.85. The van der Waals surface area contributed by atoms with Crippen molar-refractivity contribution in [2.45, 2.75) is 39.2 Å². The number of benzene rings is 1. The van der Waals surface area contributed by atoms with Gasteiger partial charge >= 0.3 is 0 Å². The predicted molar refractivity (Wildman–Crippen MR) is 133 cm³/mol. The minimum Gasteiger partial charge on any atom is -0.381 e. The summed E-state index contributed by atoms with van der Waals surface area (Å²) in [6.07, 6.45) is 3.26. The molecular weight excluding hydrogens is 402 g/mol. The molecule has 1 atom stereocenters. The molecule has 0 radical (unpaired) electrons. The molecule has 0 saturated carbocycles. The highest BCUT2D eigenvalue weighted by Crippen LogP contribution is 2.17. The number of rotatable bonds is 11. The molecule has 0 aromatic heterocycles. The van der Waals surface area contributed by atoms with E-state index in [-0.39, 0.29) is 0 Å². The Hall–Kier alpha value is -1.83. The summed E-state index contributed by atoms with van der Waals surface area (Å²) < 4.78 is 11.3. The molecule has 180 valence electrons. The van der Waals surface area contributed by atoms with Gasteiger partial charge in [-0.25, -0.2) is 0 Å². The zero-order valence-electron chi connectivity index (χ0n) is 20.1. The van der Waals surface area contributed by atoms with E-state index < -0.39 is 0 Å². The first-order valence-corrected chi connectivity index (χ1v) is 12.5. The summed E-state index contributed by atoms with van der Waals surface area (Å²) in [6.45, 7) is 14.7. The molecule has 2 saturated heterocycles. The van der Waals surface area contributed by atoms with E-state index in [1.807, 2.05) is 0 Å². The third-order valence-electron chi connectivity index (χ3n) is 6.37. The van der Waals surface area contributed by atoms with Crippen LogP contribution in [0.25, 0.3) is 0 Å². The number of nitrogens with one attached hydrogen (secondary N) is 2. The molecule has 1 unspecified atom stereocenters. The van der Waals surface area contributed by atoms with Crippen molar-refractivity contribution in [1.82, 2.24) is 15.5 Å². The summed E-state index contributed by atoms with van der Waals surface area (Å²) in [7, 11) is 0. The van der Waals surface area contributed by atoms with Gasteiger partial charge in [-0.15, -0.1) is 0 Å². The van der Waals surface area contributed by atoms with Crippen LogP contribution in [0.1, 0.15) is 33.1 Å². The largest absolute Gasteiger partial charge is 0.381 e. The molecule has 0 amide bonds. The standard InChI is InChI=1S/C25H43N5O2/c1-3-26-25(27-12-7-17-32-21-23-10-18-31-19-11-23)28-20-22(2)29-13-15-30(16-14-29)24-8-5-4-6-9-24/h4-6,8-9,22-23H,3,7,10-21H2,1-2H3,(H2,26,27,28). The van der Waals surface area contributed by atoms with Gasteiger partial charge in [0.25, 0.3) is 0 Å². The molecule has 2 N–H and O–H groups in total. The molecule has 1 aromatic rings. The molecular formula is C25H43N5O2. The van der Waals surface area contributed by atoms with Gasteiger partial charge in [-0.1, -0.05) is 18.2 Å². The van der Waals surface area contributed by atoms with Crippen molar-refractivity contribution in [3.05, 3.63) is 30.3 Å². The van der Waals surface area contributed by atoms with Crippen LogP contribution < -0.4 is 15.5 Å². The third-order valence-corrected chi connectivity index (χ3v) is 6.37. The number of anilines is 1. The maximum atomic E-state index is 5.87. The quantitative estimate of drug-likeness (QED) is 0.310. The van der Waals surface area contributed by atoms with Crippen LogP contribution in [0, 0.1) is 5.92 Å². The summed E-state index contributed by atoms with van der Waals surface area (Å²) in [5.74, 6) is 1.58. The second-order valence-electron chi connectivity index (χ2n) is 8.84. The summed E-state index contributed by atoms with van der Waals surface area (Å²) in [5.41, 5.74) is 1.33. The molecule has 0 bridgehead atoms. The van der Waals surface area contributed by atoms with Gasteiger partial charge in [0, 0.05) is 77.4 Å². The molecule has 2 aliphatic heterocycles. The number of piperazine rings is 1. The Morgan fingerprint density at radius 1 is 1.12 bits per heavy atom. The van der Waals surface area contributed by atoms with Crippen LogP contribution in [0.15, 0.2) is 35.3 Å². The van der Waals surface area contributed by atoms with Crippen molar-refractivity contribution < 1.29 is 9.47 Å². The Morgan fingerprint density at radius 3 is 2.59 bits per heavy atom. The van der Waals surface area contributed by atoms with E-state index in [4.69, 9.17) is 14.5 Å². The number of ether oxygens (including phenoxy) is 2. The first-order chi connectivity index (χ1) is 15.8. The van der Waals surface area contributed by atoms with E-state index >= 15 is 0 Å². The normalized spacial score (nSPS) is 19.7. The van der Waals surface area contributed by atoms with E-state index in [2.05, 4.69) is 64.6 Å². The van der Waals surface area contributed by atoms with E-state index in [0.29, 0.717) is 12.0 Å². The lowest BCUT2D eigenvalue weighted by Gasteiger charge is -2.38. The van der Waals surface area contributed by atoms with Crippen molar-refractivity contribution in [2.75, 3.05) is 77.1 Å². The van der Waals surface area contributed by atoms with Crippen molar-refractivity contribution >= 4 is 11.6 Å². The first-order valence-electron chi connectivity index (χ1n) is 12.5. The van der Waals surface area contributed by atoms with Crippen LogP contribution in [0.3, 0.4) is 0 Å². The fourth-order valence-electron chi connectivity index (χ4n) is 4.28. The predicted octanol–water partition coefficient (Wildman–Crippen LogP) is 2.59. The molecule has 0 spiro atoms. The zero-order chi connectivity index (χ0) is 22.4. The number of para-hydroxylation sites is 1.